The van der Waals surface area contributed by atoms with Gasteiger partial charge in [0.2, 0.25) is 0 Å². The summed E-state index contributed by atoms with van der Waals surface area (Å²) in [5, 5.41) is 14.0. The number of nitrogens with zero attached hydrogens (tertiary/aromatic N) is 4. The van der Waals surface area contributed by atoms with Gasteiger partial charge in [-0.15, -0.1) is 0 Å². The van der Waals surface area contributed by atoms with E-state index < -0.39 is 15.8 Å². The summed E-state index contributed by atoms with van der Waals surface area (Å²) >= 11 is 0. The Morgan fingerprint density at radius 3 is 2.57 bits per heavy atom. The summed E-state index contributed by atoms with van der Waals surface area (Å²) in [6, 6.07) is 7.09. The van der Waals surface area contributed by atoms with Crippen LogP contribution in [0.1, 0.15) is 48.0 Å². The quantitative estimate of drug-likeness (QED) is 0.573. The van der Waals surface area contributed by atoms with Gasteiger partial charge >= 0.3 is 5.97 Å². The van der Waals surface area contributed by atoms with E-state index in [1.54, 1.807) is 13.1 Å². The topological polar surface area (TPSA) is 115 Å². The number of carbonyl (C=O) groups excluding carboxylic acids is 1. The summed E-state index contributed by atoms with van der Waals surface area (Å²) in [5.41, 5.74) is 2.00. The van der Waals surface area contributed by atoms with Crippen LogP contribution in [0.25, 0.3) is 10.9 Å². The van der Waals surface area contributed by atoms with Gasteiger partial charge in [0, 0.05) is 24.0 Å². The van der Waals surface area contributed by atoms with Gasteiger partial charge in [-0.25, -0.2) is 13.2 Å². The Bertz CT molecular complexity index is 1220. The second-order valence-corrected chi connectivity index (χ2v) is 8.36. The normalized spacial score (nSPS) is 10.8. The number of ether oxygens (including phenoxy) is 1. The number of nitriles is 1. The number of carbonyl (C=O) groups is 1. The maximum Gasteiger partial charge on any atom is 0.342 e. The molecule has 0 atom stereocenters. The van der Waals surface area contributed by atoms with E-state index in [0.29, 0.717) is 16.5 Å². The molecule has 0 N–H and O–H groups in total. The molecular weight excluding hydrogens is 404 g/mol. The third kappa shape index (κ3) is 5.02. The van der Waals surface area contributed by atoms with Gasteiger partial charge in [-0.1, -0.05) is 13.8 Å². The Hall–Kier alpha value is -3.25. The van der Waals surface area contributed by atoms with E-state index in [4.69, 9.17) is 4.74 Å². The smallest absolute Gasteiger partial charge is 0.342 e. The zero-order valence-electron chi connectivity index (χ0n) is 17.6. The van der Waals surface area contributed by atoms with Gasteiger partial charge in [0.05, 0.1) is 23.6 Å². The molecular formula is C21H24N4O4S. The number of pyridine rings is 1. The van der Waals surface area contributed by atoms with Crippen LogP contribution in [0.15, 0.2) is 35.5 Å². The van der Waals surface area contributed by atoms with Gasteiger partial charge in [0.15, 0.2) is 15.5 Å². The van der Waals surface area contributed by atoms with Gasteiger partial charge < -0.3 is 4.74 Å². The van der Waals surface area contributed by atoms with Crippen LogP contribution in [0.4, 0.5) is 0 Å². The summed E-state index contributed by atoms with van der Waals surface area (Å²) in [5.74, 6) is -0.625. The van der Waals surface area contributed by atoms with Crippen LogP contribution in [0, 0.1) is 18.3 Å². The predicted molar refractivity (Wildman–Crippen MR) is 113 cm³/mol. The molecule has 0 aliphatic carbocycles. The van der Waals surface area contributed by atoms with Crippen molar-refractivity contribution in [3.05, 3.63) is 53.0 Å². The molecule has 0 aliphatic rings. The molecule has 8 nitrogen and oxygen atoms in total. The number of rotatable bonds is 5. The third-order valence-electron chi connectivity index (χ3n) is 4.05. The number of benzene rings is 1. The molecule has 0 unspecified atom stereocenters. The molecule has 0 saturated carbocycles. The number of esters is 1. The van der Waals surface area contributed by atoms with Gasteiger partial charge in [-0.3, -0.25) is 9.67 Å². The first kappa shape index (κ1) is 23.0. The van der Waals surface area contributed by atoms with Crippen LogP contribution in [0.3, 0.4) is 0 Å². The lowest BCUT2D eigenvalue weighted by molar-refractivity contribution is 0.0526. The Balaban J connectivity index is 0.00000155. The molecule has 0 spiro atoms. The average molecular weight is 429 g/mol. The number of aryl methyl sites for hydroxylation is 1. The van der Waals surface area contributed by atoms with Gasteiger partial charge in [0.25, 0.3) is 0 Å². The van der Waals surface area contributed by atoms with Crippen molar-refractivity contribution >= 4 is 26.7 Å². The lowest BCUT2D eigenvalue weighted by Crippen LogP contribution is -2.06. The average Bonchev–Trinajstić information content (AvgIpc) is 3.11. The van der Waals surface area contributed by atoms with E-state index in [1.165, 1.54) is 16.9 Å². The number of hydrogen-bond donors (Lipinski definition) is 0. The highest BCUT2D eigenvalue weighted by molar-refractivity contribution is 7.91. The first-order chi connectivity index (χ1) is 14.2. The molecule has 3 rings (SSSR count). The fourth-order valence-electron chi connectivity index (χ4n) is 2.89. The maximum absolute atomic E-state index is 12.2. The number of sulfone groups is 1. The molecule has 0 amide bonds. The Labute approximate surface area is 176 Å². The molecule has 30 heavy (non-hydrogen) atoms. The monoisotopic (exact) mass is 428 g/mol. The van der Waals surface area contributed by atoms with E-state index in [1.807, 2.05) is 39.0 Å². The van der Waals surface area contributed by atoms with E-state index in [9.17, 15) is 18.5 Å². The molecule has 1 aromatic carbocycles. The summed E-state index contributed by atoms with van der Waals surface area (Å²) in [4.78, 5) is 16.4. The van der Waals surface area contributed by atoms with Crippen LogP contribution in [-0.2, 0) is 21.1 Å². The van der Waals surface area contributed by atoms with Gasteiger partial charge in [-0.2, -0.15) is 10.4 Å². The Kier molecular flexibility index (Phi) is 7.29. The Morgan fingerprint density at radius 1 is 1.27 bits per heavy atom. The van der Waals surface area contributed by atoms with Crippen molar-refractivity contribution in [2.75, 3.05) is 12.9 Å². The third-order valence-corrected chi connectivity index (χ3v) is 5.16. The first-order valence-electron chi connectivity index (χ1n) is 9.47. The maximum atomic E-state index is 12.2. The highest BCUT2D eigenvalue weighted by Crippen LogP contribution is 2.25. The molecule has 9 heteroatoms. The van der Waals surface area contributed by atoms with Crippen molar-refractivity contribution in [1.82, 2.24) is 14.8 Å². The largest absolute Gasteiger partial charge is 0.462 e. The van der Waals surface area contributed by atoms with Gasteiger partial charge in [0.1, 0.15) is 11.6 Å². The van der Waals surface area contributed by atoms with Crippen molar-refractivity contribution in [3.63, 3.8) is 0 Å². The molecule has 2 heterocycles. The summed E-state index contributed by atoms with van der Waals surface area (Å²) in [6.45, 7) is 7.91. The molecule has 2 aromatic heterocycles. The zero-order valence-corrected chi connectivity index (χ0v) is 18.4. The zero-order chi connectivity index (χ0) is 22.5. The highest BCUT2D eigenvalue weighted by Gasteiger charge is 2.19. The number of hydrogen-bond acceptors (Lipinski definition) is 7. The number of fused-ring (bicyclic) bond motifs is 1. The van der Waals surface area contributed by atoms with E-state index in [-0.39, 0.29) is 29.3 Å². The van der Waals surface area contributed by atoms with Crippen molar-refractivity contribution in [1.29, 1.82) is 5.26 Å². The molecule has 3 aromatic rings. The highest BCUT2D eigenvalue weighted by atomic mass is 32.2. The SMILES string of the molecule is CC.CCOC(=O)c1cn(Cc2cc(S(C)(=O)=O)c3ncc(C)cc3c2)nc1C#N. The Morgan fingerprint density at radius 2 is 1.97 bits per heavy atom. The second-order valence-electron chi connectivity index (χ2n) is 6.37. The summed E-state index contributed by atoms with van der Waals surface area (Å²) < 4.78 is 30.8. The summed E-state index contributed by atoms with van der Waals surface area (Å²) in [7, 11) is -3.50. The minimum Gasteiger partial charge on any atom is -0.462 e. The van der Waals surface area contributed by atoms with E-state index in [2.05, 4.69) is 10.1 Å². The minimum absolute atomic E-state index is 0.0416. The summed E-state index contributed by atoms with van der Waals surface area (Å²) in [6.07, 6.45) is 4.18. The van der Waals surface area contributed by atoms with Crippen molar-refractivity contribution in [2.24, 2.45) is 0 Å². The van der Waals surface area contributed by atoms with Crippen molar-refractivity contribution in [2.45, 2.75) is 39.1 Å². The van der Waals surface area contributed by atoms with Crippen molar-refractivity contribution in [3.8, 4) is 6.07 Å². The lowest BCUT2D eigenvalue weighted by atomic mass is 10.1. The predicted octanol–water partition coefficient (Wildman–Crippen LogP) is 3.27. The molecule has 0 radical (unpaired) electrons. The number of aromatic nitrogens is 3. The first-order valence-corrected chi connectivity index (χ1v) is 11.4. The van der Waals surface area contributed by atoms with Crippen LogP contribution in [0.5, 0.6) is 0 Å². The molecule has 0 bridgehead atoms. The van der Waals surface area contributed by atoms with E-state index >= 15 is 0 Å². The molecule has 0 saturated heterocycles. The van der Waals surface area contributed by atoms with Crippen LogP contribution < -0.4 is 0 Å². The van der Waals surface area contributed by atoms with Crippen molar-refractivity contribution < 1.29 is 17.9 Å². The molecule has 0 aliphatic heterocycles. The minimum atomic E-state index is -3.50. The standard InChI is InChI=1S/C19H18N4O4S.C2H6/c1-4-27-19(24)15-11-23(22-16(15)8-20)10-13-6-14-5-12(2)9-21-18(14)17(7-13)28(3,25)26;1-2/h5-7,9,11H,4,10H2,1-3H3;1-2H3. The van der Waals surface area contributed by atoms with Crippen LogP contribution in [0.2, 0.25) is 0 Å². The fourth-order valence-corrected chi connectivity index (χ4v) is 3.78. The van der Waals surface area contributed by atoms with Crippen LogP contribution in [-0.4, -0.2) is 42.0 Å². The lowest BCUT2D eigenvalue weighted by Gasteiger charge is -2.09. The molecule has 158 valence electrons. The van der Waals surface area contributed by atoms with E-state index in [0.717, 1.165) is 11.8 Å². The molecule has 0 fully saturated rings. The second kappa shape index (κ2) is 9.50. The van der Waals surface area contributed by atoms with Crippen LogP contribution >= 0.6 is 0 Å². The fraction of sp³-hybridized carbons (Fsp3) is 0.333. The van der Waals surface area contributed by atoms with Gasteiger partial charge in [-0.05, 0) is 43.2 Å².